The number of rotatable bonds is 5. The van der Waals surface area contributed by atoms with Crippen LogP contribution < -0.4 is 0 Å². The minimum absolute atomic E-state index is 0.0307. The van der Waals surface area contributed by atoms with Gasteiger partial charge in [0.25, 0.3) is 0 Å². The molecule has 1 aromatic carbocycles. The highest BCUT2D eigenvalue weighted by Gasteiger charge is 2.25. The van der Waals surface area contributed by atoms with Crippen molar-refractivity contribution in [2.24, 2.45) is 0 Å². The minimum atomic E-state index is -0.701. The van der Waals surface area contributed by atoms with Crippen LogP contribution in [0, 0.1) is 11.6 Å². The fraction of sp³-hybridized carbons (Fsp3) is 0.375. The van der Waals surface area contributed by atoms with Crippen LogP contribution in [0.3, 0.4) is 0 Å². The first kappa shape index (κ1) is 17.6. The van der Waals surface area contributed by atoms with E-state index >= 15 is 0 Å². The maximum Gasteiger partial charge on any atom is 0.247 e. The van der Waals surface area contributed by atoms with Gasteiger partial charge in [0.05, 0.1) is 0 Å². The van der Waals surface area contributed by atoms with Gasteiger partial charge >= 0.3 is 0 Å². The van der Waals surface area contributed by atoms with E-state index in [1.165, 1.54) is 17.1 Å². The number of alkyl halides is 1. The van der Waals surface area contributed by atoms with Crippen molar-refractivity contribution in [1.82, 2.24) is 9.80 Å². The van der Waals surface area contributed by atoms with E-state index in [1.54, 1.807) is 4.90 Å². The molecular weight excluding hydrogens is 370 g/mol. The Balaban J connectivity index is 1.94. The Morgan fingerprint density at radius 2 is 1.91 bits per heavy atom. The SMILES string of the molecule is O=C(/C=C/c1cc(F)cc(F)c1)N1CCN(CCCBr)C(=O)C1. The number of halogens is 3. The highest BCUT2D eigenvalue weighted by atomic mass is 79.9. The molecule has 1 aromatic rings. The second kappa shape index (κ2) is 8.19. The fourth-order valence-corrected chi connectivity index (χ4v) is 2.58. The quantitative estimate of drug-likeness (QED) is 0.575. The summed E-state index contributed by atoms with van der Waals surface area (Å²) in [7, 11) is 0. The molecule has 1 aliphatic heterocycles. The van der Waals surface area contributed by atoms with Crippen molar-refractivity contribution in [2.75, 3.05) is 31.5 Å². The molecule has 0 unspecified atom stereocenters. The second-order valence-electron chi connectivity index (χ2n) is 5.22. The monoisotopic (exact) mass is 386 g/mol. The number of benzene rings is 1. The normalized spacial score (nSPS) is 15.5. The van der Waals surface area contributed by atoms with Gasteiger partial charge in [-0.15, -0.1) is 0 Å². The zero-order valence-electron chi connectivity index (χ0n) is 12.5. The van der Waals surface area contributed by atoms with Crippen molar-refractivity contribution >= 4 is 33.8 Å². The Kier molecular flexibility index (Phi) is 6.27. The van der Waals surface area contributed by atoms with Crippen molar-refractivity contribution in [3.8, 4) is 0 Å². The van der Waals surface area contributed by atoms with Crippen molar-refractivity contribution in [3.63, 3.8) is 0 Å². The number of amides is 2. The molecule has 0 radical (unpaired) electrons. The van der Waals surface area contributed by atoms with Gasteiger partial charge in [0.2, 0.25) is 11.8 Å². The van der Waals surface area contributed by atoms with Crippen molar-refractivity contribution < 1.29 is 18.4 Å². The molecular formula is C16H17BrF2N2O2. The van der Waals surface area contributed by atoms with Crippen molar-refractivity contribution in [1.29, 1.82) is 0 Å². The summed E-state index contributed by atoms with van der Waals surface area (Å²) in [4.78, 5) is 27.2. The third-order valence-electron chi connectivity index (χ3n) is 3.50. The summed E-state index contributed by atoms with van der Waals surface area (Å²) >= 11 is 3.32. The molecule has 124 valence electrons. The van der Waals surface area contributed by atoms with E-state index in [1.807, 2.05) is 0 Å². The van der Waals surface area contributed by atoms with Crippen LogP contribution >= 0.6 is 15.9 Å². The maximum atomic E-state index is 13.1. The molecule has 2 rings (SSSR count). The largest absolute Gasteiger partial charge is 0.339 e. The summed E-state index contributed by atoms with van der Waals surface area (Å²) in [6.07, 6.45) is 3.44. The fourth-order valence-electron chi connectivity index (χ4n) is 2.33. The maximum absolute atomic E-state index is 13.1. The highest BCUT2D eigenvalue weighted by Crippen LogP contribution is 2.11. The molecule has 0 bridgehead atoms. The molecule has 1 saturated heterocycles. The van der Waals surface area contributed by atoms with Gasteiger partial charge in [0.1, 0.15) is 18.2 Å². The summed E-state index contributed by atoms with van der Waals surface area (Å²) < 4.78 is 26.2. The summed E-state index contributed by atoms with van der Waals surface area (Å²) in [6.45, 7) is 1.65. The Labute approximate surface area is 141 Å². The second-order valence-corrected chi connectivity index (χ2v) is 6.01. The molecule has 1 heterocycles. The number of piperazine rings is 1. The lowest BCUT2D eigenvalue weighted by molar-refractivity contribution is -0.142. The number of carbonyl (C=O) groups is 2. The molecule has 0 aromatic heterocycles. The molecule has 0 N–H and O–H groups in total. The molecule has 0 saturated carbocycles. The highest BCUT2D eigenvalue weighted by molar-refractivity contribution is 9.09. The van der Waals surface area contributed by atoms with Gasteiger partial charge < -0.3 is 9.80 Å². The van der Waals surface area contributed by atoms with E-state index in [0.717, 1.165) is 30.0 Å². The number of carbonyl (C=O) groups excluding carboxylic acids is 2. The van der Waals surface area contributed by atoms with Crippen molar-refractivity contribution in [2.45, 2.75) is 6.42 Å². The van der Waals surface area contributed by atoms with Crippen LogP contribution in [0.5, 0.6) is 0 Å². The topological polar surface area (TPSA) is 40.6 Å². The molecule has 23 heavy (non-hydrogen) atoms. The van der Waals surface area contributed by atoms with Gasteiger partial charge in [-0.2, -0.15) is 0 Å². The van der Waals surface area contributed by atoms with Crippen molar-refractivity contribution in [3.05, 3.63) is 41.5 Å². The third-order valence-corrected chi connectivity index (χ3v) is 4.06. The van der Waals surface area contributed by atoms with E-state index in [2.05, 4.69) is 15.9 Å². The van der Waals surface area contributed by atoms with E-state index in [9.17, 15) is 18.4 Å². The summed E-state index contributed by atoms with van der Waals surface area (Å²) in [5.74, 6) is -1.83. The lowest BCUT2D eigenvalue weighted by atomic mass is 10.2. The van der Waals surface area contributed by atoms with Crippen LogP contribution in [0.2, 0.25) is 0 Å². The van der Waals surface area contributed by atoms with Gasteiger partial charge in [-0.1, -0.05) is 15.9 Å². The molecule has 0 spiro atoms. The summed E-state index contributed by atoms with van der Waals surface area (Å²) in [6, 6.07) is 3.04. The Bertz CT molecular complexity index is 602. The van der Waals surface area contributed by atoms with Gasteiger partial charge in [-0.3, -0.25) is 9.59 Å². The molecule has 0 atom stereocenters. The lowest BCUT2D eigenvalue weighted by Gasteiger charge is -2.33. The average Bonchev–Trinajstić information content (AvgIpc) is 2.50. The van der Waals surface area contributed by atoms with Crippen LogP contribution in [0.25, 0.3) is 6.08 Å². The van der Waals surface area contributed by atoms with Gasteiger partial charge in [-0.05, 0) is 30.2 Å². The lowest BCUT2D eigenvalue weighted by Crippen LogP contribution is -2.52. The number of hydrogen-bond donors (Lipinski definition) is 0. The molecule has 0 aliphatic carbocycles. The van der Waals surface area contributed by atoms with E-state index in [0.29, 0.717) is 19.6 Å². The van der Waals surface area contributed by atoms with Crippen LogP contribution in [0.1, 0.15) is 12.0 Å². The molecule has 2 amide bonds. The first-order valence-electron chi connectivity index (χ1n) is 7.26. The Hall–Kier alpha value is -1.76. The number of hydrogen-bond acceptors (Lipinski definition) is 2. The summed E-state index contributed by atoms with van der Waals surface area (Å²) in [5.41, 5.74) is 0.262. The van der Waals surface area contributed by atoms with Crippen LogP contribution in [-0.4, -0.2) is 53.1 Å². The zero-order valence-corrected chi connectivity index (χ0v) is 14.1. The first-order valence-corrected chi connectivity index (χ1v) is 8.38. The minimum Gasteiger partial charge on any atom is -0.339 e. The average molecular weight is 387 g/mol. The summed E-state index contributed by atoms with van der Waals surface area (Å²) in [5, 5.41) is 0.826. The van der Waals surface area contributed by atoms with Gasteiger partial charge in [-0.25, -0.2) is 8.78 Å². The standard InChI is InChI=1S/C16H17BrF2N2O2/c17-4-1-5-20-6-7-21(11-16(20)23)15(22)3-2-12-8-13(18)10-14(19)9-12/h2-3,8-10H,1,4-7,11H2/b3-2+. The van der Waals surface area contributed by atoms with E-state index < -0.39 is 11.6 Å². The predicted octanol–water partition coefficient (Wildman–Crippen LogP) is 2.43. The van der Waals surface area contributed by atoms with E-state index in [-0.39, 0.29) is 23.9 Å². The smallest absolute Gasteiger partial charge is 0.247 e. The van der Waals surface area contributed by atoms with Crippen LogP contribution in [0.15, 0.2) is 24.3 Å². The first-order chi connectivity index (χ1) is 11.0. The molecule has 4 nitrogen and oxygen atoms in total. The Morgan fingerprint density at radius 1 is 1.22 bits per heavy atom. The predicted molar refractivity (Wildman–Crippen MR) is 87.0 cm³/mol. The molecule has 7 heteroatoms. The Morgan fingerprint density at radius 3 is 2.52 bits per heavy atom. The van der Waals surface area contributed by atoms with E-state index in [4.69, 9.17) is 0 Å². The third kappa shape index (κ3) is 5.13. The molecule has 1 fully saturated rings. The molecule has 1 aliphatic rings. The van der Waals surface area contributed by atoms with Crippen LogP contribution in [-0.2, 0) is 9.59 Å². The van der Waals surface area contributed by atoms with Crippen LogP contribution in [0.4, 0.5) is 8.78 Å². The zero-order chi connectivity index (χ0) is 16.8. The van der Waals surface area contributed by atoms with Gasteiger partial charge in [0.15, 0.2) is 0 Å². The van der Waals surface area contributed by atoms with Gasteiger partial charge in [0, 0.05) is 37.1 Å². The number of nitrogens with zero attached hydrogens (tertiary/aromatic N) is 2.